The number of nitrogens with zero attached hydrogens (tertiary/aromatic N) is 1. The summed E-state index contributed by atoms with van der Waals surface area (Å²) in [6, 6.07) is 10.7. The summed E-state index contributed by atoms with van der Waals surface area (Å²) in [5, 5.41) is 41.4. The Morgan fingerprint density at radius 1 is 0.630 bits per heavy atom. The number of ether oxygens (including phenoxy) is 7. The number of carboxylic acid groups (broad SMARTS) is 1. The van der Waals surface area contributed by atoms with Gasteiger partial charge in [0.2, 0.25) is 5.91 Å². The molecule has 15 N–H and O–H groups in total. The second-order valence-corrected chi connectivity index (χ2v) is 24.9. The monoisotopic (exact) mass is 1420 g/mol. The Hall–Kier alpha value is -8.22. The van der Waals surface area contributed by atoms with Gasteiger partial charge in [-0.05, 0) is 113 Å². The summed E-state index contributed by atoms with van der Waals surface area (Å²) in [5.41, 5.74) is 29.9. The van der Waals surface area contributed by atoms with Gasteiger partial charge in [-0.25, -0.2) is 28.8 Å². The first kappa shape index (κ1) is 79.9. The van der Waals surface area contributed by atoms with E-state index in [-0.39, 0.29) is 40.1 Å². The molecule has 9 heterocycles. The van der Waals surface area contributed by atoms with Crippen LogP contribution in [0.5, 0.6) is 0 Å². The van der Waals surface area contributed by atoms with Crippen LogP contribution in [0.25, 0.3) is 0 Å². The van der Waals surface area contributed by atoms with Crippen molar-refractivity contribution in [2.24, 2.45) is 16.5 Å². The van der Waals surface area contributed by atoms with Crippen LogP contribution in [0.4, 0.5) is 34.1 Å². The zero-order valence-electron chi connectivity index (χ0n) is 51.3. The largest absolute Gasteiger partial charge is 0.477 e. The number of thioether (sulfide) groups is 1. The lowest BCUT2D eigenvalue weighted by molar-refractivity contribution is -0.232. The Bertz CT molecular complexity index is 3360. The number of esters is 7. The number of aliphatic imine (C=N–C) groups is 1. The van der Waals surface area contributed by atoms with Crippen LogP contribution in [0, 0.1) is 0 Å². The first-order valence-corrected chi connectivity index (χ1v) is 33.8. The summed E-state index contributed by atoms with van der Waals surface area (Å²) in [4.78, 5) is 106. The number of carbonyl (C=O) groups excluding carboxylic acids is 8. The number of carbonyl (C=O) groups is 9. The van der Waals surface area contributed by atoms with E-state index in [1.54, 1.807) is 51.8 Å². The molecule has 1 amide bonds. The molecule has 0 spiro atoms. The van der Waals surface area contributed by atoms with Crippen LogP contribution in [-0.4, -0.2) is 121 Å². The molecule has 6 aromatic heterocycles. The molecule has 6 aromatic rings. The Labute approximate surface area is 564 Å². The smallest absolute Gasteiger partial charge is 0.352 e. The van der Waals surface area contributed by atoms with Crippen molar-refractivity contribution in [1.82, 2.24) is 10.6 Å². The van der Waals surface area contributed by atoms with Gasteiger partial charge >= 0.3 is 47.8 Å². The van der Waals surface area contributed by atoms with E-state index < -0.39 is 59.1 Å². The minimum atomic E-state index is -1.30. The van der Waals surface area contributed by atoms with E-state index in [1.807, 2.05) is 67.3 Å². The standard InChI is InChI=1S/C16H21N3O5S.C12H13NO4S2.C6H7NO2S.C6H8O4.C5H5NO2S.C5H3NS2.C4H5NS.C3H10N2/c1-10(20)17-6-4-7-18-13(19-11-5-8-25-9-11)12-14(21)23-16(2,3)24-15(12)22;1-12(2)16-10(14)8(11(15)17-12)9(18-3)13-7-4-5-19-6-7;1-9-6(8)5-4(7)2-3-10-5;1-6(2)9-4(7)3-5(8)10-6;6-3-1-2-9-4(3)5(7)8;7-4-6-5-1-2-8-3-5;5-4-1-2-6-3-4;4-2-1-3-5/h5,8-9,18-19H,4,6-7H2,1-3H3,(H,17,20);4-6,13H,1-3H3;2-3H,7H2,1H3;3H2,1-2H3;1-2H,6H2,(H,7,8);1-3H;1-3H,5H2;1-5H2. The average Bonchev–Trinajstić information content (AvgIpc) is 1.56. The SMILES string of the molecule is CC(=O)NCCCNC(Nc1ccsc1)=C1C(=O)OC(C)(C)OC1=O.CC1(C)OC(=O)CC(=O)O1.COC(=O)c1sccc1N.CSC(Nc1ccsc1)=C1C(=O)OC(C)(C)OC1=O.NCCCN.Nc1ccsc1.Nc1ccsc1C(=O)O.S=C=Nc1ccsc1. The highest BCUT2D eigenvalue weighted by Crippen LogP contribution is 2.30. The van der Waals surface area contributed by atoms with Gasteiger partial charge in [0.1, 0.15) is 22.0 Å². The van der Waals surface area contributed by atoms with Gasteiger partial charge in [-0.2, -0.15) is 50.3 Å². The number of nitrogens with one attached hydrogen (secondary N) is 4. The van der Waals surface area contributed by atoms with E-state index in [1.165, 1.54) is 101 Å². The van der Waals surface area contributed by atoms with Gasteiger partial charge in [0.25, 0.3) is 17.4 Å². The van der Waals surface area contributed by atoms with Crippen molar-refractivity contribution in [3.05, 3.63) is 122 Å². The summed E-state index contributed by atoms with van der Waals surface area (Å²) >= 11 is 14.3. The third kappa shape index (κ3) is 31.2. The van der Waals surface area contributed by atoms with Gasteiger partial charge in [-0.1, -0.05) is 0 Å². The molecule has 35 heteroatoms. The predicted octanol–water partition coefficient (Wildman–Crippen LogP) is 9.36. The number of thiocarbonyl (C=S) groups is 1. The van der Waals surface area contributed by atoms with Gasteiger partial charge < -0.3 is 88.2 Å². The summed E-state index contributed by atoms with van der Waals surface area (Å²) in [6.07, 6.45) is 3.04. The fourth-order valence-corrected chi connectivity index (χ4v) is 10.6. The highest BCUT2D eigenvalue weighted by atomic mass is 32.2. The highest BCUT2D eigenvalue weighted by Gasteiger charge is 2.42. The number of hydrogen-bond donors (Lipinski definition) is 10. The fraction of sp³-hybridized carbons (Fsp3) is 0.333. The second-order valence-electron chi connectivity index (χ2n) is 19.0. The molecule has 500 valence electrons. The van der Waals surface area contributed by atoms with Crippen molar-refractivity contribution in [3.8, 4) is 0 Å². The lowest BCUT2D eigenvalue weighted by atomic mass is 10.2. The third-order valence-electron chi connectivity index (χ3n) is 10.0. The van der Waals surface area contributed by atoms with Crippen LogP contribution in [0.15, 0.2) is 117 Å². The number of nitrogen functional groups attached to an aromatic ring is 3. The first-order chi connectivity index (χ1) is 43.4. The van der Waals surface area contributed by atoms with Crippen molar-refractivity contribution in [3.63, 3.8) is 0 Å². The maximum absolute atomic E-state index is 12.3. The molecular formula is C57H72N10O17S8. The van der Waals surface area contributed by atoms with E-state index in [0.717, 1.165) is 53.6 Å². The first-order valence-electron chi connectivity index (χ1n) is 26.6. The van der Waals surface area contributed by atoms with Crippen LogP contribution in [0.2, 0.25) is 0 Å². The number of aromatic carboxylic acids is 1. The van der Waals surface area contributed by atoms with Crippen LogP contribution in [-0.2, 0) is 66.7 Å². The molecule has 3 aliphatic rings. The van der Waals surface area contributed by atoms with Crippen LogP contribution in [0.3, 0.4) is 0 Å². The summed E-state index contributed by atoms with van der Waals surface area (Å²) in [7, 11) is 1.33. The normalized spacial score (nSPS) is 14.2. The number of isothiocyanates is 1. The maximum atomic E-state index is 12.3. The van der Waals surface area contributed by atoms with Crippen molar-refractivity contribution < 1.29 is 81.4 Å². The van der Waals surface area contributed by atoms with Gasteiger partial charge in [-0.3, -0.25) is 14.4 Å². The third-order valence-corrected chi connectivity index (χ3v) is 15.4. The zero-order valence-corrected chi connectivity index (χ0v) is 57.8. The van der Waals surface area contributed by atoms with Gasteiger partial charge in [0.05, 0.1) is 40.0 Å². The molecule has 0 atom stereocenters. The minimum Gasteiger partial charge on any atom is -0.477 e. The molecule has 0 aliphatic carbocycles. The topological polar surface area (TPSA) is 429 Å². The summed E-state index contributed by atoms with van der Waals surface area (Å²) in [5.74, 6) is -8.73. The van der Waals surface area contributed by atoms with Crippen LogP contribution in [0.1, 0.15) is 87.1 Å². The molecule has 0 unspecified atom stereocenters. The Balaban J connectivity index is 0.000000380. The minimum absolute atomic E-state index is 0.0991. The number of thiophene rings is 6. The molecular weight excluding hydrogens is 1350 g/mol. The molecule has 3 aliphatic heterocycles. The Morgan fingerprint density at radius 3 is 1.43 bits per heavy atom. The van der Waals surface area contributed by atoms with Crippen molar-refractivity contribution >= 4 is 185 Å². The number of cyclic esters (lactones) is 6. The van der Waals surface area contributed by atoms with E-state index in [0.29, 0.717) is 40.8 Å². The number of rotatable bonds is 15. The molecule has 27 nitrogen and oxygen atoms in total. The van der Waals surface area contributed by atoms with E-state index in [2.05, 4.69) is 57.8 Å². The second kappa shape index (κ2) is 41.3. The molecule has 0 saturated carbocycles. The van der Waals surface area contributed by atoms with E-state index in [4.69, 9.17) is 52.7 Å². The summed E-state index contributed by atoms with van der Waals surface area (Å²) < 4.78 is 34.2. The number of amides is 1. The number of carboxylic acids is 1. The quantitative estimate of drug-likeness (QED) is 0.00668. The van der Waals surface area contributed by atoms with E-state index >= 15 is 0 Å². The molecule has 92 heavy (non-hydrogen) atoms. The fourth-order valence-electron chi connectivity index (χ4n) is 6.21. The lowest BCUT2D eigenvalue weighted by Gasteiger charge is -2.31. The molecule has 3 fully saturated rings. The lowest BCUT2D eigenvalue weighted by Crippen LogP contribution is -2.44. The summed E-state index contributed by atoms with van der Waals surface area (Å²) in [6.45, 7) is 12.8. The van der Waals surface area contributed by atoms with Gasteiger partial charge in [0, 0.05) is 94.5 Å². The zero-order chi connectivity index (χ0) is 69.0. The van der Waals surface area contributed by atoms with Crippen molar-refractivity contribution in [2.75, 3.05) is 67.4 Å². The number of hydrogen-bond acceptors (Lipinski definition) is 33. The van der Waals surface area contributed by atoms with Crippen molar-refractivity contribution in [1.29, 1.82) is 0 Å². The van der Waals surface area contributed by atoms with Crippen LogP contribution < -0.4 is 49.9 Å². The molecule has 0 bridgehead atoms. The average molecular weight is 1430 g/mol. The Kier molecular flexibility index (Phi) is 35.9. The van der Waals surface area contributed by atoms with Gasteiger partial charge in [0.15, 0.2) is 11.1 Å². The molecule has 0 radical (unpaired) electrons. The van der Waals surface area contributed by atoms with Gasteiger partial charge in [-0.15, -0.1) is 34.4 Å². The predicted molar refractivity (Wildman–Crippen MR) is 364 cm³/mol. The number of anilines is 5. The Morgan fingerprint density at radius 2 is 1.09 bits per heavy atom. The van der Waals surface area contributed by atoms with Crippen molar-refractivity contribution in [2.45, 2.75) is 85.1 Å². The molecule has 9 rings (SSSR count). The van der Waals surface area contributed by atoms with E-state index in [9.17, 15) is 43.2 Å². The maximum Gasteiger partial charge on any atom is 0.352 e. The number of nitrogens with two attached hydrogens (primary N) is 5. The highest BCUT2D eigenvalue weighted by molar-refractivity contribution is 8.02. The number of methoxy groups -OCH3 is 1. The van der Waals surface area contributed by atoms with Crippen LogP contribution >= 0.6 is 92.0 Å². The molecule has 3 saturated heterocycles. The molecule has 0 aromatic carbocycles.